The Morgan fingerprint density at radius 1 is 1.45 bits per heavy atom. The zero-order valence-electron chi connectivity index (χ0n) is 12.2. The molecule has 2 rings (SSSR count). The number of ether oxygens (including phenoxy) is 2. The smallest absolute Gasteiger partial charge is 0.333 e. The first-order chi connectivity index (χ1) is 10.3. The molecule has 0 aromatic rings. The fraction of sp³-hybridized carbons (Fsp3) is 0.571. The Labute approximate surface area is 135 Å². The minimum atomic E-state index is -4.06. The van der Waals surface area contributed by atoms with Crippen molar-refractivity contribution in [3.8, 4) is 0 Å². The Bertz CT molecular complexity index is 578. The van der Waals surface area contributed by atoms with Crippen LogP contribution in [0.1, 0.15) is 25.7 Å². The Kier molecular flexibility index (Phi) is 5.81. The van der Waals surface area contributed by atoms with Gasteiger partial charge in [0.1, 0.15) is 6.10 Å². The van der Waals surface area contributed by atoms with Gasteiger partial charge in [0.05, 0.1) is 13.2 Å². The average molecular weight is 350 g/mol. The fourth-order valence-corrected chi connectivity index (χ4v) is 3.06. The van der Waals surface area contributed by atoms with Gasteiger partial charge in [-0.1, -0.05) is 24.3 Å². The van der Waals surface area contributed by atoms with E-state index in [1.807, 2.05) is 0 Å². The van der Waals surface area contributed by atoms with Gasteiger partial charge in [-0.3, -0.25) is 4.18 Å². The Morgan fingerprint density at radius 2 is 2.14 bits per heavy atom. The Morgan fingerprint density at radius 3 is 2.77 bits per heavy atom. The lowest BCUT2D eigenvalue weighted by atomic mass is 10.1. The first-order valence-corrected chi connectivity index (χ1v) is 8.86. The molecular formula is C14H20ClNO5S. The number of nitrogens with two attached hydrogens (primary N) is 1. The van der Waals surface area contributed by atoms with E-state index < -0.39 is 22.2 Å². The van der Waals surface area contributed by atoms with Crippen LogP contribution in [0, 0.1) is 0 Å². The number of halogens is 1. The van der Waals surface area contributed by atoms with E-state index in [4.69, 9.17) is 26.2 Å². The Hall–Kier alpha value is -0.700. The summed E-state index contributed by atoms with van der Waals surface area (Å²) in [5.74, 6) is -0.753. The highest BCUT2D eigenvalue weighted by Crippen LogP contribution is 2.37. The first kappa shape index (κ1) is 17.7. The fourth-order valence-electron chi connectivity index (χ4n) is 2.52. The van der Waals surface area contributed by atoms with Gasteiger partial charge in [-0.05, 0) is 30.6 Å². The van der Waals surface area contributed by atoms with Crippen molar-refractivity contribution >= 4 is 21.9 Å². The maximum absolute atomic E-state index is 11.0. The highest BCUT2D eigenvalue weighted by atomic mass is 35.5. The summed E-state index contributed by atoms with van der Waals surface area (Å²) in [4.78, 5) is 0. The molecule has 2 aliphatic rings. The SMILES string of the molecule is C=C1/C=C(Cl)\C=C/COC2(CCCC2)OC1COS(N)(=O)=O. The first-order valence-electron chi connectivity index (χ1n) is 7.01. The molecule has 1 atom stereocenters. The van der Waals surface area contributed by atoms with Crippen LogP contribution in [0.15, 0.2) is 35.4 Å². The van der Waals surface area contributed by atoms with Crippen LogP contribution in [0.3, 0.4) is 0 Å². The quantitative estimate of drug-likeness (QED) is 0.843. The molecule has 0 aromatic carbocycles. The third kappa shape index (κ3) is 5.19. The van der Waals surface area contributed by atoms with Crippen molar-refractivity contribution in [2.45, 2.75) is 37.6 Å². The van der Waals surface area contributed by atoms with Crippen molar-refractivity contribution in [3.63, 3.8) is 0 Å². The summed E-state index contributed by atoms with van der Waals surface area (Å²) in [6.07, 6.45) is 7.84. The van der Waals surface area contributed by atoms with Crippen LogP contribution in [0.5, 0.6) is 0 Å². The molecule has 1 heterocycles. The molecule has 0 radical (unpaired) electrons. The van der Waals surface area contributed by atoms with E-state index in [-0.39, 0.29) is 6.61 Å². The van der Waals surface area contributed by atoms with Crippen molar-refractivity contribution in [3.05, 3.63) is 35.4 Å². The third-order valence-electron chi connectivity index (χ3n) is 3.56. The number of hydrogen-bond donors (Lipinski definition) is 1. The van der Waals surface area contributed by atoms with Crippen molar-refractivity contribution < 1.29 is 22.1 Å². The number of allylic oxidation sites excluding steroid dienone is 2. The zero-order valence-corrected chi connectivity index (χ0v) is 13.7. The molecule has 1 saturated carbocycles. The molecule has 1 aliphatic carbocycles. The molecule has 1 unspecified atom stereocenters. The van der Waals surface area contributed by atoms with E-state index in [2.05, 4.69) is 10.8 Å². The summed E-state index contributed by atoms with van der Waals surface area (Å²) in [7, 11) is -4.06. The van der Waals surface area contributed by atoms with Crippen molar-refractivity contribution in [1.82, 2.24) is 0 Å². The van der Waals surface area contributed by atoms with Crippen LogP contribution in [-0.2, 0) is 24.0 Å². The zero-order chi connectivity index (χ0) is 16.2. The van der Waals surface area contributed by atoms with Crippen molar-refractivity contribution in [2.24, 2.45) is 5.14 Å². The van der Waals surface area contributed by atoms with Gasteiger partial charge in [-0.25, -0.2) is 5.14 Å². The molecule has 0 bridgehead atoms. The highest BCUT2D eigenvalue weighted by molar-refractivity contribution is 7.84. The molecule has 1 aliphatic heterocycles. The van der Waals surface area contributed by atoms with Gasteiger partial charge in [0.15, 0.2) is 5.79 Å². The van der Waals surface area contributed by atoms with E-state index in [1.54, 1.807) is 18.2 Å². The number of hydrogen-bond acceptors (Lipinski definition) is 5. The molecule has 6 nitrogen and oxygen atoms in total. The van der Waals surface area contributed by atoms with Gasteiger partial charge in [-0.2, -0.15) is 8.42 Å². The second kappa shape index (κ2) is 7.25. The predicted molar refractivity (Wildman–Crippen MR) is 83.3 cm³/mol. The van der Waals surface area contributed by atoms with E-state index >= 15 is 0 Å². The molecule has 1 fully saturated rings. The molecule has 2 N–H and O–H groups in total. The van der Waals surface area contributed by atoms with E-state index in [1.165, 1.54) is 0 Å². The molecule has 0 saturated heterocycles. The van der Waals surface area contributed by atoms with E-state index in [9.17, 15) is 8.42 Å². The summed E-state index contributed by atoms with van der Waals surface area (Å²) >= 11 is 6.04. The van der Waals surface area contributed by atoms with Gasteiger partial charge < -0.3 is 9.47 Å². The third-order valence-corrected chi connectivity index (χ3v) is 4.26. The average Bonchev–Trinajstić information content (AvgIpc) is 2.87. The second-order valence-electron chi connectivity index (χ2n) is 5.32. The summed E-state index contributed by atoms with van der Waals surface area (Å²) < 4.78 is 38.6. The van der Waals surface area contributed by atoms with Crippen LogP contribution in [0.4, 0.5) is 0 Å². The monoisotopic (exact) mass is 349 g/mol. The minimum absolute atomic E-state index is 0.271. The second-order valence-corrected chi connectivity index (χ2v) is 6.98. The van der Waals surface area contributed by atoms with Crippen LogP contribution in [0.2, 0.25) is 0 Å². The van der Waals surface area contributed by atoms with Crippen LogP contribution < -0.4 is 5.14 Å². The van der Waals surface area contributed by atoms with Crippen molar-refractivity contribution in [2.75, 3.05) is 13.2 Å². The maximum atomic E-state index is 11.0. The topological polar surface area (TPSA) is 87.8 Å². The molecule has 22 heavy (non-hydrogen) atoms. The van der Waals surface area contributed by atoms with Gasteiger partial charge in [0, 0.05) is 17.9 Å². The van der Waals surface area contributed by atoms with Crippen LogP contribution >= 0.6 is 11.6 Å². The minimum Gasteiger partial charge on any atom is -0.346 e. The lowest BCUT2D eigenvalue weighted by Crippen LogP contribution is -2.40. The maximum Gasteiger partial charge on any atom is 0.333 e. The highest BCUT2D eigenvalue weighted by Gasteiger charge is 2.39. The summed E-state index contributed by atoms with van der Waals surface area (Å²) in [5.41, 5.74) is 0.495. The summed E-state index contributed by atoms with van der Waals surface area (Å²) in [5, 5.41) is 5.32. The van der Waals surface area contributed by atoms with Crippen LogP contribution in [0.25, 0.3) is 0 Å². The molecule has 1 spiro atoms. The van der Waals surface area contributed by atoms with Crippen LogP contribution in [-0.4, -0.2) is 33.5 Å². The summed E-state index contributed by atoms with van der Waals surface area (Å²) in [6.45, 7) is 3.97. The molecule has 0 amide bonds. The largest absolute Gasteiger partial charge is 0.346 e. The van der Waals surface area contributed by atoms with Gasteiger partial charge in [-0.15, -0.1) is 0 Å². The molecular weight excluding hydrogens is 330 g/mol. The molecule has 8 heteroatoms. The Balaban J connectivity index is 2.22. The number of rotatable bonds is 3. The normalized spacial score (nSPS) is 30.0. The van der Waals surface area contributed by atoms with E-state index in [0.717, 1.165) is 25.7 Å². The van der Waals surface area contributed by atoms with Gasteiger partial charge >= 0.3 is 10.3 Å². The lowest BCUT2D eigenvalue weighted by molar-refractivity contribution is -0.246. The van der Waals surface area contributed by atoms with Gasteiger partial charge in [0.25, 0.3) is 0 Å². The predicted octanol–water partition coefficient (Wildman–Crippen LogP) is 2.13. The van der Waals surface area contributed by atoms with E-state index in [0.29, 0.717) is 17.2 Å². The van der Waals surface area contributed by atoms with Crippen molar-refractivity contribution in [1.29, 1.82) is 0 Å². The molecule has 0 aromatic heterocycles. The molecule has 124 valence electrons. The van der Waals surface area contributed by atoms with Gasteiger partial charge in [0.2, 0.25) is 0 Å². The lowest BCUT2D eigenvalue weighted by Gasteiger charge is -2.34. The standard InChI is InChI=1S/C14H20ClNO5S/c1-11-9-12(15)5-4-8-19-14(6-2-3-7-14)21-13(11)10-20-22(16,17)18/h4-5,9,13H,1-3,6-8,10H2,(H2,16,17,18)/b5-4-,12-9+. The summed E-state index contributed by atoms with van der Waals surface area (Å²) in [6, 6.07) is 0.